The molecule has 5 nitrogen and oxygen atoms in total. The second-order valence-corrected chi connectivity index (χ2v) is 4.69. The average molecular weight is 279 g/mol. The van der Waals surface area contributed by atoms with Gasteiger partial charge in [0.25, 0.3) is 0 Å². The minimum Gasteiger partial charge on any atom is -0.390 e. The van der Waals surface area contributed by atoms with E-state index in [1.807, 2.05) is 0 Å². The van der Waals surface area contributed by atoms with E-state index >= 15 is 0 Å². The summed E-state index contributed by atoms with van der Waals surface area (Å²) < 4.78 is 0. The van der Waals surface area contributed by atoms with Gasteiger partial charge in [0.05, 0.1) is 6.10 Å². The highest BCUT2D eigenvalue weighted by Crippen LogP contribution is 2.20. The third kappa shape index (κ3) is 4.75. The molecule has 1 rings (SSSR count). The van der Waals surface area contributed by atoms with E-state index in [9.17, 15) is 19.8 Å². The minimum atomic E-state index is -1.08. The Labute approximate surface area is 118 Å². The van der Waals surface area contributed by atoms with Crippen LogP contribution in [0.3, 0.4) is 0 Å². The number of carbonyl (C=O) groups is 2. The van der Waals surface area contributed by atoms with Gasteiger partial charge in [-0.2, -0.15) is 0 Å². The van der Waals surface area contributed by atoms with E-state index in [1.54, 1.807) is 31.2 Å². The molecule has 5 heteroatoms. The van der Waals surface area contributed by atoms with Gasteiger partial charge in [0.1, 0.15) is 6.10 Å². The number of ketones is 1. The molecule has 0 heterocycles. The summed E-state index contributed by atoms with van der Waals surface area (Å²) >= 11 is 0. The van der Waals surface area contributed by atoms with E-state index in [0.717, 1.165) is 0 Å². The fraction of sp³-hybridized carbons (Fsp3) is 0.467. The van der Waals surface area contributed by atoms with Crippen molar-refractivity contribution in [2.45, 2.75) is 38.9 Å². The maximum atomic E-state index is 11.6. The Kier molecular flexibility index (Phi) is 6.35. The van der Waals surface area contributed by atoms with Crippen LogP contribution >= 0.6 is 0 Å². The van der Waals surface area contributed by atoms with E-state index in [4.69, 9.17) is 0 Å². The van der Waals surface area contributed by atoms with Crippen LogP contribution in [0.1, 0.15) is 48.7 Å². The molecule has 2 atom stereocenters. The molecule has 0 aliphatic rings. The van der Waals surface area contributed by atoms with E-state index in [-0.39, 0.29) is 18.1 Å². The van der Waals surface area contributed by atoms with Gasteiger partial charge in [-0.1, -0.05) is 25.1 Å². The van der Waals surface area contributed by atoms with Crippen LogP contribution in [0, 0.1) is 0 Å². The molecule has 110 valence electrons. The summed E-state index contributed by atoms with van der Waals surface area (Å²) in [6.45, 7) is 3.46. The average Bonchev–Trinajstić information content (AvgIpc) is 2.45. The first-order valence-electron chi connectivity index (χ1n) is 6.69. The van der Waals surface area contributed by atoms with Gasteiger partial charge in [-0.05, 0) is 18.1 Å². The Morgan fingerprint density at radius 2 is 2.00 bits per heavy atom. The van der Waals surface area contributed by atoms with Gasteiger partial charge in [-0.15, -0.1) is 0 Å². The highest BCUT2D eigenvalue weighted by atomic mass is 16.3. The Hall–Kier alpha value is -1.72. The largest absolute Gasteiger partial charge is 0.390 e. The molecule has 3 N–H and O–H groups in total. The Balaban J connectivity index is 2.68. The minimum absolute atomic E-state index is 0.00761. The summed E-state index contributed by atoms with van der Waals surface area (Å²) in [6.07, 6.45) is -1.43. The molecule has 0 aliphatic heterocycles. The lowest BCUT2D eigenvalue weighted by Gasteiger charge is -2.18. The van der Waals surface area contributed by atoms with Crippen molar-refractivity contribution in [3.05, 3.63) is 35.4 Å². The highest BCUT2D eigenvalue weighted by Gasteiger charge is 2.19. The van der Waals surface area contributed by atoms with Crippen LogP contribution in [-0.2, 0) is 4.79 Å². The molecule has 20 heavy (non-hydrogen) atoms. The Morgan fingerprint density at radius 3 is 2.60 bits per heavy atom. The van der Waals surface area contributed by atoms with Crippen LogP contribution in [0.25, 0.3) is 0 Å². The number of aliphatic hydroxyl groups is 2. The molecule has 1 aromatic rings. The summed E-state index contributed by atoms with van der Waals surface area (Å²) in [4.78, 5) is 22.3. The molecule has 0 aliphatic carbocycles. The van der Waals surface area contributed by atoms with E-state index in [1.165, 1.54) is 6.92 Å². The monoisotopic (exact) mass is 279 g/mol. The van der Waals surface area contributed by atoms with Crippen molar-refractivity contribution >= 4 is 11.7 Å². The maximum Gasteiger partial charge on any atom is 0.216 e. The number of rotatable bonds is 7. The van der Waals surface area contributed by atoms with Crippen LogP contribution in [0.15, 0.2) is 24.3 Å². The van der Waals surface area contributed by atoms with Crippen molar-refractivity contribution in [3.63, 3.8) is 0 Å². The van der Waals surface area contributed by atoms with Gasteiger partial charge >= 0.3 is 0 Å². The van der Waals surface area contributed by atoms with Crippen LogP contribution in [0.2, 0.25) is 0 Å². The predicted molar refractivity (Wildman–Crippen MR) is 75.3 cm³/mol. The van der Waals surface area contributed by atoms with Crippen molar-refractivity contribution in [2.75, 3.05) is 6.54 Å². The molecule has 0 aromatic heterocycles. The lowest BCUT2D eigenvalue weighted by Crippen LogP contribution is -2.27. The first kappa shape index (κ1) is 16.3. The number of hydrogen-bond acceptors (Lipinski definition) is 4. The van der Waals surface area contributed by atoms with Gasteiger partial charge in [0, 0.05) is 25.5 Å². The zero-order valence-electron chi connectivity index (χ0n) is 11.8. The van der Waals surface area contributed by atoms with E-state index < -0.39 is 12.2 Å². The first-order valence-corrected chi connectivity index (χ1v) is 6.69. The molecule has 2 unspecified atom stereocenters. The summed E-state index contributed by atoms with van der Waals surface area (Å²) in [5, 5.41) is 22.5. The quantitative estimate of drug-likeness (QED) is 0.655. The number of amides is 1. The fourth-order valence-corrected chi connectivity index (χ4v) is 1.88. The second-order valence-electron chi connectivity index (χ2n) is 4.69. The molecule has 0 bridgehead atoms. The smallest absolute Gasteiger partial charge is 0.216 e. The van der Waals surface area contributed by atoms with Gasteiger partial charge < -0.3 is 15.5 Å². The van der Waals surface area contributed by atoms with Crippen molar-refractivity contribution in [2.24, 2.45) is 0 Å². The molecular weight excluding hydrogens is 258 g/mol. The zero-order valence-corrected chi connectivity index (χ0v) is 11.8. The zero-order chi connectivity index (χ0) is 15.1. The highest BCUT2D eigenvalue weighted by molar-refractivity contribution is 5.95. The molecular formula is C15H21NO4. The Morgan fingerprint density at radius 1 is 1.30 bits per heavy atom. The van der Waals surface area contributed by atoms with Crippen LogP contribution in [-0.4, -0.2) is 34.6 Å². The van der Waals surface area contributed by atoms with Crippen LogP contribution in [0.4, 0.5) is 0 Å². The molecule has 0 fully saturated rings. The number of hydrogen-bond donors (Lipinski definition) is 3. The van der Waals surface area contributed by atoms with Gasteiger partial charge in [0.2, 0.25) is 5.91 Å². The SMILES string of the molecule is CCC(=O)c1cccc(C(O)C(O)CCNC(C)=O)c1. The second kappa shape index (κ2) is 7.77. The third-order valence-electron chi connectivity index (χ3n) is 3.05. The predicted octanol–water partition coefficient (Wildman–Crippen LogP) is 1.20. The van der Waals surface area contributed by atoms with Crippen LogP contribution in [0.5, 0.6) is 0 Å². The number of benzene rings is 1. The van der Waals surface area contributed by atoms with Gasteiger partial charge in [-0.3, -0.25) is 9.59 Å². The van der Waals surface area contributed by atoms with Crippen molar-refractivity contribution in [3.8, 4) is 0 Å². The Bertz CT molecular complexity index is 473. The lowest BCUT2D eigenvalue weighted by atomic mass is 9.98. The standard InChI is InChI=1S/C15H21NO4/c1-3-13(18)11-5-4-6-12(9-11)15(20)14(19)7-8-16-10(2)17/h4-6,9,14-15,19-20H,3,7-8H2,1-2H3,(H,16,17). The van der Waals surface area contributed by atoms with Crippen molar-refractivity contribution in [1.29, 1.82) is 0 Å². The fourth-order valence-electron chi connectivity index (χ4n) is 1.88. The molecule has 0 spiro atoms. The van der Waals surface area contributed by atoms with E-state index in [0.29, 0.717) is 24.1 Å². The summed E-state index contributed by atoms with van der Waals surface area (Å²) in [5.74, 6) is -0.186. The molecule has 1 aromatic carbocycles. The summed E-state index contributed by atoms with van der Waals surface area (Å²) in [7, 11) is 0. The number of aliphatic hydroxyl groups excluding tert-OH is 2. The molecule has 1 amide bonds. The molecule has 0 radical (unpaired) electrons. The van der Waals surface area contributed by atoms with Crippen molar-refractivity contribution < 1.29 is 19.8 Å². The van der Waals surface area contributed by atoms with Gasteiger partial charge in [0.15, 0.2) is 5.78 Å². The number of nitrogens with one attached hydrogen (secondary N) is 1. The van der Waals surface area contributed by atoms with Crippen LogP contribution < -0.4 is 5.32 Å². The lowest BCUT2D eigenvalue weighted by molar-refractivity contribution is -0.119. The topological polar surface area (TPSA) is 86.6 Å². The summed E-state index contributed by atoms with van der Waals surface area (Å²) in [6, 6.07) is 6.63. The van der Waals surface area contributed by atoms with Gasteiger partial charge in [-0.25, -0.2) is 0 Å². The number of Topliss-reactive ketones (excluding diaryl/α,β-unsaturated/α-hetero) is 1. The maximum absolute atomic E-state index is 11.6. The summed E-state index contributed by atoms with van der Waals surface area (Å²) in [5.41, 5.74) is 1.03. The van der Waals surface area contributed by atoms with E-state index in [2.05, 4.69) is 5.32 Å². The molecule has 0 saturated heterocycles. The first-order chi connectivity index (χ1) is 9.45. The normalized spacial score (nSPS) is 13.6. The molecule has 0 saturated carbocycles. The number of carbonyl (C=O) groups excluding carboxylic acids is 2. The van der Waals surface area contributed by atoms with Crippen molar-refractivity contribution in [1.82, 2.24) is 5.32 Å². The third-order valence-corrected chi connectivity index (χ3v) is 3.05.